The summed E-state index contributed by atoms with van der Waals surface area (Å²) in [4.78, 5) is 0.0343. The van der Waals surface area contributed by atoms with Gasteiger partial charge in [-0.1, -0.05) is 6.92 Å². The fraction of sp³-hybridized carbons (Fsp3) is 0.667. The van der Waals surface area contributed by atoms with Crippen molar-refractivity contribution in [2.45, 2.75) is 37.1 Å². The molecule has 0 radical (unpaired) electrons. The van der Waals surface area contributed by atoms with Gasteiger partial charge in [0.1, 0.15) is 10.7 Å². The minimum atomic E-state index is -3.52. The van der Waals surface area contributed by atoms with Crippen molar-refractivity contribution in [3.8, 4) is 0 Å². The van der Waals surface area contributed by atoms with Gasteiger partial charge in [-0.3, -0.25) is 5.10 Å². The van der Waals surface area contributed by atoms with Gasteiger partial charge in [-0.2, -0.15) is 5.10 Å². The maximum absolute atomic E-state index is 11.9. The summed E-state index contributed by atoms with van der Waals surface area (Å²) in [6.45, 7) is 2.13. The first kappa shape index (κ1) is 11.4. The monoisotopic (exact) mass is 244 g/mol. The van der Waals surface area contributed by atoms with Gasteiger partial charge in [0.25, 0.3) is 0 Å². The molecule has 16 heavy (non-hydrogen) atoms. The van der Waals surface area contributed by atoms with Crippen LogP contribution in [0.4, 0.5) is 5.82 Å². The highest BCUT2D eigenvalue weighted by molar-refractivity contribution is 7.89. The minimum Gasteiger partial charge on any atom is -0.383 e. The molecule has 7 heteroatoms. The summed E-state index contributed by atoms with van der Waals surface area (Å²) in [6, 6.07) is 0.0225. The van der Waals surface area contributed by atoms with Crippen LogP contribution in [0.1, 0.15) is 26.2 Å². The number of aromatic amines is 1. The van der Waals surface area contributed by atoms with E-state index in [1.807, 2.05) is 0 Å². The first-order chi connectivity index (χ1) is 7.49. The molecule has 1 fully saturated rings. The van der Waals surface area contributed by atoms with Crippen molar-refractivity contribution in [3.05, 3.63) is 6.20 Å². The second-order valence-electron chi connectivity index (χ2n) is 4.38. The third-order valence-corrected chi connectivity index (χ3v) is 4.49. The summed E-state index contributed by atoms with van der Waals surface area (Å²) < 4.78 is 26.5. The Morgan fingerprint density at radius 1 is 1.56 bits per heavy atom. The number of H-pyrrole nitrogens is 1. The Balaban J connectivity index is 2.12. The van der Waals surface area contributed by atoms with Crippen LogP contribution in [0.5, 0.6) is 0 Å². The van der Waals surface area contributed by atoms with E-state index in [0.29, 0.717) is 5.92 Å². The van der Waals surface area contributed by atoms with Crippen molar-refractivity contribution < 1.29 is 8.42 Å². The molecule has 0 amide bonds. The number of nitrogen functional groups attached to an aromatic ring is 1. The Morgan fingerprint density at radius 2 is 2.31 bits per heavy atom. The van der Waals surface area contributed by atoms with Crippen molar-refractivity contribution in [1.29, 1.82) is 0 Å². The molecule has 6 nitrogen and oxygen atoms in total. The molecule has 4 N–H and O–H groups in total. The van der Waals surface area contributed by atoms with Gasteiger partial charge < -0.3 is 5.73 Å². The molecule has 1 aliphatic rings. The fourth-order valence-corrected chi connectivity index (χ4v) is 3.40. The third kappa shape index (κ3) is 2.19. The zero-order valence-corrected chi connectivity index (χ0v) is 9.92. The van der Waals surface area contributed by atoms with E-state index in [1.54, 1.807) is 0 Å². The van der Waals surface area contributed by atoms with Crippen LogP contribution in [0.2, 0.25) is 0 Å². The first-order valence-electron chi connectivity index (χ1n) is 5.30. The van der Waals surface area contributed by atoms with Crippen LogP contribution in [-0.2, 0) is 10.0 Å². The van der Waals surface area contributed by atoms with Crippen LogP contribution < -0.4 is 10.5 Å². The van der Waals surface area contributed by atoms with Crippen LogP contribution in [0.15, 0.2) is 11.1 Å². The molecule has 2 rings (SSSR count). The number of hydrogen-bond donors (Lipinski definition) is 3. The number of nitrogens with zero attached hydrogens (tertiary/aromatic N) is 1. The smallest absolute Gasteiger partial charge is 0.246 e. The average molecular weight is 244 g/mol. The Bertz CT molecular complexity index is 468. The fourth-order valence-electron chi connectivity index (χ4n) is 2.10. The zero-order valence-electron chi connectivity index (χ0n) is 9.10. The molecule has 0 saturated heterocycles. The van der Waals surface area contributed by atoms with E-state index in [4.69, 9.17) is 5.73 Å². The SMILES string of the molecule is CC1CCC(NS(=O)(=O)c2cn[nH]c2N)C1. The summed E-state index contributed by atoms with van der Waals surface area (Å²) in [5.74, 6) is 0.660. The van der Waals surface area contributed by atoms with Crippen molar-refractivity contribution >= 4 is 15.8 Å². The van der Waals surface area contributed by atoms with Crippen LogP contribution in [0.3, 0.4) is 0 Å². The molecule has 1 aliphatic carbocycles. The second-order valence-corrected chi connectivity index (χ2v) is 6.07. The summed E-state index contributed by atoms with van der Waals surface area (Å²) in [5, 5.41) is 6.03. The van der Waals surface area contributed by atoms with Gasteiger partial charge in [0.05, 0.1) is 6.20 Å². The van der Waals surface area contributed by atoms with Crippen molar-refractivity contribution in [2.24, 2.45) is 5.92 Å². The maximum Gasteiger partial charge on any atom is 0.246 e. The third-order valence-electron chi connectivity index (χ3n) is 2.94. The molecule has 2 unspecified atom stereocenters. The molecule has 0 bridgehead atoms. The van der Waals surface area contributed by atoms with E-state index in [1.165, 1.54) is 6.20 Å². The lowest BCUT2D eigenvalue weighted by Gasteiger charge is -2.11. The molecular weight excluding hydrogens is 228 g/mol. The average Bonchev–Trinajstić information content (AvgIpc) is 2.74. The number of rotatable bonds is 3. The summed E-state index contributed by atoms with van der Waals surface area (Å²) >= 11 is 0. The topological polar surface area (TPSA) is 101 Å². The molecule has 1 aromatic rings. The minimum absolute atomic E-state index is 0.0225. The largest absolute Gasteiger partial charge is 0.383 e. The lowest BCUT2D eigenvalue weighted by atomic mass is 10.1. The highest BCUT2D eigenvalue weighted by Crippen LogP contribution is 2.26. The molecule has 1 heterocycles. The van der Waals surface area contributed by atoms with Crippen molar-refractivity contribution in [3.63, 3.8) is 0 Å². The van der Waals surface area contributed by atoms with Crippen LogP contribution in [-0.4, -0.2) is 24.7 Å². The molecule has 1 aromatic heterocycles. The van der Waals surface area contributed by atoms with E-state index < -0.39 is 10.0 Å². The Kier molecular flexibility index (Phi) is 2.90. The van der Waals surface area contributed by atoms with Gasteiger partial charge in [0.2, 0.25) is 10.0 Å². The van der Waals surface area contributed by atoms with Gasteiger partial charge in [-0.25, -0.2) is 13.1 Å². The standard InChI is InChI=1S/C9H16N4O2S/c1-6-2-3-7(4-6)13-16(14,15)8-5-11-12-9(8)10/h5-7,13H,2-4H2,1H3,(H3,10,11,12). The molecule has 0 aliphatic heterocycles. The number of anilines is 1. The van der Waals surface area contributed by atoms with Gasteiger partial charge in [-0.05, 0) is 25.2 Å². The van der Waals surface area contributed by atoms with E-state index in [2.05, 4.69) is 21.8 Å². The summed E-state index contributed by atoms with van der Waals surface area (Å²) in [6.07, 6.45) is 4.07. The van der Waals surface area contributed by atoms with Gasteiger partial charge in [-0.15, -0.1) is 0 Å². The van der Waals surface area contributed by atoms with Crippen LogP contribution in [0.25, 0.3) is 0 Å². The molecule has 90 valence electrons. The Hall–Kier alpha value is -1.08. The summed E-state index contributed by atoms with van der Waals surface area (Å²) in [5.41, 5.74) is 5.49. The number of hydrogen-bond acceptors (Lipinski definition) is 4. The number of nitrogens with two attached hydrogens (primary N) is 1. The Morgan fingerprint density at radius 3 is 2.81 bits per heavy atom. The highest BCUT2D eigenvalue weighted by atomic mass is 32.2. The summed E-state index contributed by atoms with van der Waals surface area (Å²) in [7, 11) is -3.52. The number of sulfonamides is 1. The Labute approximate surface area is 94.7 Å². The maximum atomic E-state index is 11.9. The molecule has 0 spiro atoms. The van der Waals surface area contributed by atoms with Gasteiger partial charge >= 0.3 is 0 Å². The van der Waals surface area contributed by atoms with E-state index in [-0.39, 0.29) is 16.8 Å². The predicted molar refractivity (Wildman–Crippen MR) is 60.1 cm³/mol. The lowest BCUT2D eigenvalue weighted by Crippen LogP contribution is -2.33. The van der Waals surface area contributed by atoms with Crippen LogP contribution >= 0.6 is 0 Å². The van der Waals surface area contributed by atoms with Crippen molar-refractivity contribution in [1.82, 2.24) is 14.9 Å². The van der Waals surface area contributed by atoms with Crippen LogP contribution in [0, 0.1) is 5.92 Å². The number of aromatic nitrogens is 2. The van der Waals surface area contributed by atoms with E-state index >= 15 is 0 Å². The zero-order chi connectivity index (χ0) is 11.8. The first-order valence-corrected chi connectivity index (χ1v) is 6.78. The van der Waals surface area contributed by atoms with Gasteiger partial charge in [0, 0.05) is 6.04 Å². The highest BCUT2D eigenvalue weighted by Gasteiger charge is 2.28. The van der Waals surface area contributed by atoms with E-state index in [9.17, 15) is 8.42 Å². The normalized spacial score (nSPS) is 26.1. The number of nitrogens with one attached hydrogen (secondary N) is 2. The second kappa shape index (κ2) is 4.06. The van der Waals surface area contributed by atoms with Gasteiger partial charge in [0.15, 0.2) is 0 Å². The van der Waals surface area contributed by atoms with E-state index in [0.717, 1.165) is 19.3 Å². The molecular formula is C9H16N4O2S. The van der Waals surface area contributed by atoms with Crippen molar-refractivity contribution in [2.75, 3.05) is 5.73 Å². The quantitative estimate of drug-likeness (QED) is 0.719. The molecule has 2 atom stereocenters. The predicted octanol–water partition coefficient (Wildman–Crippen LogP) is 0.459. The molecule has 1 saturated carbocycles. The lowest BCUT2D eigenvalue weighted by molar-refractivity contribution is 0.539. The molecule has 0 aromatic carbocycles.